The largest absolute Gasteiger partial charge is 0.354 e. The van der Waals surface area contributed by atoms with E-state index in [4.69, 9.17) is 0 Å². The quantitative estimate of drug-likeness (QED) is 0.493. The maximum absolute atomic E-state index is 14.7. The number of carbonyl (C=O) groups is 2. The Labute approximate surface area is 181 Å². The number of aromatic nitrogens is 1. The van der Waals surface area contributed by atoms with Crippen molar-refractivity contribution in [2.24, 2.45) is 0 Å². The van der Waals surface area contributed by atoms with E-state index in [-0.39, 0.29) is 23.5 Å². The molecule has 0 unspecified atom stereocenters. The highest BCUT2D eigenvalue weighted by Crippen LogP contribution is 2.32. The van der Waals surface area contributed by atoms with Gasteiger partial charge in [0.05, 0.1) is 16.8 Å². The van der Waals surface area contributed by atoms with E-state index in [1.165, 1.54) is 12.3 Å². The first-order valence-corrected chi connectivity index (χ1v) is 10.8. The lowest BCUT2D eigenvalue weighted by atomic mass is 10.0. The number of carbonyl (C=O) groups excluding carboxylic acids is 2. The van der Waals surface area contributed by atoms with Gasteiger partial charge in [-0.1, -0.05) is 25.1 Å². The molecule has 1 heterocycles. The number of hydrogen-bond acceptors (Lipinski definition) is 4. The molecule has 6 heteroatoms. The summed E-state index contributed by atoms with van der Waals surface area (Å²) in [6.07, 6.45) is 5.37. The molecule has 1 aliphatic carbocycles. The van der Waals surface area contributed by atoms with Gasteiger partial charge in [0.2, 0.25) is 0 Å². The lowest BCUT2D eigenvalue weighted by molar-refractivity contribution is -0.119. The number of para-hydroxylation sites is 1. The minimum Gasteiger partial charge on any atom is -0.354 e. The minimum absolute atomic E-state index is 0.125. The molecule has 31 heavy (non-hydrogen) atoms. The van der Waals surface area contributed by atoms with Gasteiger partial charge in [-0.15, -0.1) is 0 Å². The molecule has 1 saturated carbocycles. The zero-order valence-corrected chi connectivity index (χ0v) is 17.6. The van der Waals surface area contributed by atoms with E-state index in [1.807, 2.05) is 37.3 Å². The van der Waals surface area contributed by atoms with Gasteiger partial charge in [0.15, 0.2) is 0 Å². The summed E-state index contributed by atoms with van der Waals surface area (Å²) >= 11 is 0. The molecule has 4 rings (SSSR count). The van der Waals surface area contributed by atoms with Crippen LogP contribution in [-0.2, 0) is 11.2 Å². The maximum atomic E-state index is 14.7. The smallest absolute Gasteiger partial charge is 0.255 e. The van der Waals surface area contributed by atoms with E-state index in [9.17, 15) is 14.0 Å². The Morgan fingerprint density at radius 3 is 2.61 bits per heavy atom. The van der Waals surface area contributed by atoms with Crippen LogP contribution < -0.4 is 10.6 Å². The number of hydrogen-bond donors (Lipinski definition) is 2. The SMILES string of the molecule is CCCC(=O)CCc1cc2c(Nc3ccccc3)c(C(=O)NC3CC3)cnc2cc1F. The first kappa shape index (κ1) is 21.0. The third kappa shape index (κ3) is 5.08. The summed E-state index contributed by atoms with van der Waals surface area (Å²) in [7, 11) is 0. The van der Waals surface area contributed by atoms with Crippen LogP contribution in [0.4, 0.5) is 15.8 Å². The van der Waals surface area contributed by atoms with E-state index < -0.39 is 0 Å². The van der Waals surface area contributed by atoms with Crippen molar-refractivity contribution in [2.75, 3.05) is 5.32 Å². The van der Waals surface area contributed by atoms with Gasteiger partial charge in [-0.2, -0.15) is 0 Å². The van der Waals surface area contributed by atoms with Crippen LogP contribution in [0.2, 0.25) is 0 Å². The normalized spacial score (nSPS) is 13.2. The first-order chi connectivity index (χ1) is 15.0. The lowest BCUT2D eigenvalue weighted by Gasteiger charge is -2.16. The zero-order chi connectivity index (χ0) is 21.8. The Balaban J connectivity index is 1.75. The summed E-state index contributed by atoms with van der Waals surface area (Å²) in [6.45, 7) is 1.95. The lowest BCUT2D eigenvalue weighted by Crippen LogP contribution is -2.26. The van der Waals surface area contributed by atoms with E-state index in [1.54, 1.807) is 6.07 Å². The van der Waals surface area contributed by atoms with Crippen LogP contribution in [0.5, 0.6) is 0 Å². The minimum atomic E-state index is -0.384. The number of benzene rings is 2. The molecule has 1 aromatic heterocycles. The summed E-state index contributed by atoms with van der Waals surface area (Å²) in [6, 6.07) is 12.8. The Bertz CT molecular complexity index is 1110. The van der Waals surface area contributed by atoms with Crippen molar-refractivity contribution in [3.05, 3.63) is 65.6 Å². The van der Waals surface area contributed by atoms with Gasteiger partial charge < -0.3 is 10.6 Å². The third-order valence-electron chi connectivity index (χ3n) is 5.44. The Morgan fingerprint density at radius 2 is 1.90 bits per heavy atom. The molecule has 0 atom stereocenters. The molecule has 160 valence electrons. The molecule has 5 nitrogen and oxygen atoms in total. The van der Waals surface area contributed by atoms with Crippen LogP contribution in [0.3, 0.4) is 0 Å². The fourth-order valence-electron chi connectivity index (χ4n) is 3.59. The number of aryl methyl sites for hydroxylation is 1. The van der Waals surface area contributed by atoms with Crippen LogP contribution in [0.25, 0.3) is 10.9 Å². The topological polar surface area (TPSA) is 71.1 Å². The van der Waals surface area contributed by atoms with E-state index >= 15 is 0 Å². The van der Waals surface area contributed by atoms with Crippen LogP contribution in [-0.4, -0.2) is 22.7 Å². The molecular weight excluding hydrogens is 393 g/mol. The summed E-state index contributed by atoms with van der Waals surface area (Å²) in [5.41, 5.74) is 2.75. The molecule has 0 spiro atoms. The second kappa shape index (κ2) is 9.25. The van der Waals surface area contributed by atoms with E-state index in [0.717, 1.165) is 24.9 Å². The Kier molecular flexibility index (Phi) is 6.26. The summed E-state index contributed by atoms with van der Waals surface area (Å²) in [5.74, 6) is -0.454. The summed E-state index contributed by atoms with van der Waals surface area (Å²) in [5, 5.41) is 6.99. The molecule has 2 aromatic carbocycles. The third-order valence-corrected chi connectivity index (χ3v) is 5.44. The van der Waals surface area contributed by atoms with Crippen molar-refractivity contribution in [3.8, 4) is 0 Å². The molecule has 3 aromatic rings. The number of fused-ring (bicyclic) bond motifs is 1. The van der Waals surface area contributed by atoms with Gasteiger partial charge in [0, 0.05) is 42.2 Å². The average molecular weight is 420 g/mol. The van der Waals surface area contributed by atoms with Gasteiger partial charge in [0.25, 0.3) is 5.91 Å². The Morgan fingerprint density at radius 1 is 1.13 bits per heavy atom. The van der Waals surface area contributed by atoms with Crippen LogP contribution in [0.15, 0.2) is 48.7 Å². The number of Topliss-reactive ketones (excluding diaryl/α,β-unsaturated/α-hetero) is 1. The predicted molar refractivity (Wildman–Crippen MR) is 120 cm³/mol. The molecule has 0 radical (unpaired) electrons. The molecule has 1 fully saturated rings. The Hall–Kier alpha value is -3.28. The number of nitrogens with zero attached hydrogens (tertiary/aromatic N) is 1. The highest BCUT2D eigenvalue weighted by molar-refractivity contribution is 6.08. The zero-order valence-electron chi connectivity index (χ0n) is 17.6. The number of anilines is 2. The van der Waals surface area contributed by atoms with Crippen LogP contribution in [0, 0.1) is 5.82 Å². The number of rotatable bonds is 9. The summed E-state index contributed by atoms with van der Waals surface area (Å²) < 4.78 is 14.7. The second-order valence-corrected chi connectivity index (χ2v) is 8.04. The molecule has 2 N–H and O–H groups in total. The molecule has 0 bridgehead atoms. The maximum Gasteiger partial charge on any atom is 0.255 e. The average Bonchev–Trinajstić information content (AvgIpc) is 3.57. The molecular formula is C25H26FN3O2. The predicted octanol–water partition coefficient (Wildman–Crippen LogP) is 5.31. The molecule has 0 saturated heterocycles. The highest BCUT2D eigenvalue weighted by Gasteiger charge is 2.26. The summed E-state index contributed by atoms with van der Waals surface area (Å²) in [4.78, 5) is 29.2. The van der Waals surface area contributed by atoms with Crippen molar-refractivity contribution in [3.63, 3.8) is 0 Å². The number of ketones is 1. The molecule has 0 aliphatic heterocycles. The number of halogens is 1. The first-order valence-electron chi connectivity index (χ1n) is 10.8. The molecule has 1 aliphatic rings. The monoisotopic (exact) mass is 419 g/mol. The second-order valence-electron chi connectivity index (χ2n) is 8.04. The van der Waals surface area contributed by atoms with Gasteiger partial charge in [-0.3, -0.25) is 14.6 Å². The fourth-order valence-corrected chi connectivity index (χ4v) is 3.59. The van der Waals surface area contributed by atoms with Crippen molar-refractivity contribution >= 4 is 34.0 Å². The van der Waals surface area contributed by atoms with Crippen molar-refractivity contribution in [2.45, 2.75) is 51.5 Å². The van der Waals surface area contributed by atoms with Crippen LogP contribution >= 0.6 is 0 Å². The number of amides is 1. The van der Waals surface area contributed by atoms with E-state index in [2.05, 4.69) is 15.6 Å². The van der Waals surface area contributed by atoms with Gasteiger partial charge >= 0.3 is 0 Å². The van der Waals surface area contributed by atoms with Crippen molar-refractivity contribution in [1.29, 1.82) is 0 Å². The van der Waals surface area contributed by atoms with Gasteiger partial charge in [-0.05, 0) is 49.4 Å². The van der Waals surface area contributed by atoms with E-state index in [0.29, 0.717) is 47.0 Å². The van der Waals surface area contributed by atoms with Crippen molar-refractivity contribution < 1.29 is 14.0 Å². The molecule has 1 amide bonds. The fraction of sp³-hybridized carbons (Fsp3) is 0.320. The van der Waals surface area contributed by atoms with Gasteiger partial charge in [-0.25, -0.2) is 4.39 Å². The van der Waals surface area contributed by atoms with Gasteiger partial charge in [0.1, 0.15) is 11.6 Å². The standard InChI is InChI=1S/C25H26FN3O2/c1-2-6-19(30)12-9-16-13-20-23(14-22(16)26)27-15-21(25(31)29-18-10-11-18)24(20)28-17-7-4-3-5-8-17/h3-5,7-8,13-15,18H,2,6,9-12H2,1H3,(H,27,28)(H,29,31). The van der Waals surface area contributed by atoms with Crippen molar-refractivity contribution in [1.82, 2.24) is 10.3 Å². The van der Waals surface area contributed by atoms with Crippen LogP contribution in [0.1, 0.15) is 54.9 Å². The number of pyridine rings is 1. The number of nitrogens with one attached hydrogen (secondary N) is 2. The highest BCUT2D eigenvalue weighted by atomic mass is 19.1.